The zero-order valence-corrected chi connectivity index (χ0v) is 18.9. The number of para-hydroxylation sites is 1. The first kappa shape index (κ1) is 24.3. The van der Waals surface area contributed by atoms with Crippen LogP contribution in [0.2, 0.25) is 0 Å². The number of nitro groups is 1. The molecule has 0 aliphatic heterocycles. The fourth-order valence-corrected chi connectivity index (χ4v) is 5.03. The van der Waals surface area contributed by atoms with Gasteiger partial charge < -0.3 is 4.74 Å². The Morgan fingerprint density at radius 2 is 1.74 bits per heavy atom. The topological polar surface area (TPSA) is 89.8 Å². The molecule has 0 aliphatic rings. The molecule has 166 valence electrons. The van der Waals surface area contributed by atoms with Crippen LogP contribution >= 0.6 is 0 Å². The Hall–Kier alpha value is -2.97. The van der Waals surface area contributed by atoms with Crippen molar-refractivity contribution in [3.05, 3.63) is 88.5 Å². The monoisotopic (exact) mass is 444 g/mol. The van der Waals surface area contributed by atoms with Crippen molar-refractivity contribution in [2.75, 3.05) is 13.7 Å². The lowest BCUT2D eigenvalue weighted by molar-refractivity contribution is -0.387. The van der Waals surface area contributed by atoms with Crippen molar-refractivity contribution in [1.82, 2.24) is 4.31 Å². The lowest BCUT2D eigenvalue weighted by Gasteiger charge is -2.31. The molecule has 0 heterocycles. The highest BCUT2D eigenvalue weighted by Gasteiger charge is 2.36. The van der Waals surface area contributed by atoms with Gasteiger partial charge in [0.1, 0.15) is 5.75 Å². The number of hydrogen-bond donors (Lipinski definition) is 0. The van der Waals surface area contributed by atoms with Crippen molar-refractivity contribution in [1.29, 1.82) is 0 Å². The fraction of sp³-hybridized carbons (Fsp3) is 0.304. The van der Waals surface area contributed by atoms with Crippen molar-refractivity contribution < 1.29 is 18.1 Å². The van der Waals surface area contributed by atoms with Crippen molar-refractivity contribution in [3.8, 4) is 5.75 Å². The first-order valence-electron chi connectivity index (χ1n) is 9.76. The van der Waals surface area contributed by atoms with Crippen LogP contribution < -0.4 is 4.74 Å². The lowest BCUT2D eigenvalue weighted by atomic mass is 10.0. The summed E-state index contributed by atoms with van der Waals surface area (Å²) >= 11 is 0. The highest BCUT2D eigenvalue weighted by molar-refractivity contribution is 7.89. The summed E-state index contributed by atoms with van der Waals surface area (Å²) in [6.45, 7) is 11.6. The molecule has 8 heteroatoms. The highest BCUT2D eigenvalue weighted by atomic mass is 32.2. The summed E-state index contributed by atoms with van der Waals surface area (Å²) in [6.07, 6.45) is 0.793. The summed E-state index contributed by atoms with van der Waals surface area (Å²) in [5.41, 5.74) is 1.90. The zero-order valence-electron chi connectivity index (χ0n) is 18.1. The molecule has 2 aromatic carbocycles. The number of rotatable bonds is 11. The molecule has 1 atom stereocenters. The van der Waals surface area contributed by atoms with E-state index in [2.05, 4.69) is 13.2 Å². The van der Waals surface area contributed by atoms with Gasteiger partial charge in [0, 0.05) is 18.7 Å². The van der Waals surface area contributed by atoms with Crippen molar-refractivity contribution in [3.63, 3.8) is 0 Å². The average Bonchev–Trinajstić information content (AvgIpc) is 2.73. The van der Waals surface area contributed by atoms with Crippen LogP contribution in [0.5, 0.6) is 5.75 Å². The number of ether oxygens (including phenoxy) is 1. The average molecular weight is 445 g/mol. The van der Waals surface area contributed by atoms with Gasteiger partial charge in [0.15, 0.2) is 4.90 Å². The summed E-state index contributed by atoms with van der Waals surface area (Å²) in [6, 6.07) is 12.1. The van der Waals surface area contributed by atoms with E-state index in [4.69, 9.17) is 4.74 Å². The van der Waals surface area contributed by atoms with Crippen LogP contribution in [0.25, 0.3) is 0 Å². The van der Waals surface area contributed by atoms with E-state index >= 15 is 0 Å². The Labute approximate surface area is 183 Å². The van der Waals surface area contributed by atoms with Gasteiger partial charge in [-0.1, -0.05) is 42.0 Å². The van der Waals surface area contributed by atoms with E-state index in [1.165, 1.54) is 28.6 Å². The Balaban J connectivity index is 2.54. The summed E-state index contributed by atoms with van der Waals surface area (Å²) in [4.78, 5) is 10.5. The maximum absolute atomic E-state index is 13.6. The van der Waals surface area contributed by atoms with Gasteiger partial charge in [-0.2, -0.15) is 4.31 Å². The van der Waals surface area contributed by atoms with E-state index < -0.39 is 26.7 Å². The molecule has 31 heavy (non-hydrogen) atoms. The zero-order chi connectivity index (χ0) is 23.2. The number of nitrogens with zero attached hydrogens (tertiary/aromatic N) is 2. The van der Waals surface area contributed by atoms with E-state index in [0.717, 1.165) is 11.1 Å². The van der Waals surface area contributed by atoms with E-state index in [1.54, 1.807) is 26.2 Å². The molecular weight excluding hydrogens is 416 g/mol. The molecule has 0 fully saturated rings. The molecule has 0 aromatic heterocycles. The molecule has 0 N–H and O–H groups in total. The van der Waals surface area contributed by atoms with Crippen molar-refractivity contribution >= 4 is 15.7 Å². The number of benzene rings is 2. The predicted molar refractivity (Wildman–Crippen MR) is 122 cm³/mol. The molecule has 0 unspecified atom stereocenters. The summed E-state index contributed by atoms with van der Waals surface area (Å²) in [5, 5.41) is 11.5. The SMILES string of the molecule is C=C(C)CCN([C@H](Cc1ccc(OC)cc1)C(=C)C)S(=O)(=O)c1ccccc1[N+](=O)[O-]. The fourth-order valence-electron chi connectivity index (χ4n) is 3.20. The van der Waals surface area contributed by atoms with E-state index in [9.17, 15) is 18.5 Å². The van der Waals surface area contributed by atoms with Crippen LogP contribution in [0.15, 0.2) is 77.7 Å². The van der Waals surface area contributed by atoms with Crippen LogP contribution in [-0.4, -0.2) is 37.3 Å². The summed E-state index contributed by atoms with van der Waals surface area (Å²) < 4.78 is 33.8. The second kappa shape index (κ2) is 10.4. The molecule has 2 rings (SSSR count). The van der Waals surface area contributed by atoms with E-state index in [0.29, 0.717) is 24.2 Å². The minimum absolute atomic E-state index is 0.136. The summed E-state index contributed by atoms with van der Waals surface area (Å²) in [7, 11) is -2.61. The second-order valence-electron chi connectivity index (χ2n) is 7.46. The van der Waals surface area contributed by atoms with Crippen LogP contribution in [0.4, 0.5) is 5.69 Å². The van der Waals surface area contributed by atoms with E-state index in [1.807, 2.05) is 19.1 Å². The minimum atomic E-state index is -4.18. The minimum Gasteiger partial charge on any atom is -0.497 e. The molecule has 0 radical (unpaired) electrons. The third-order valence-electron chi connectivity index (χ3n) is 4.91. The predicted octanol–water partition coefficient (Wildman–Crippen LogP) is 4.75. The molecule has 0 saturated carbocycles. The maximum atomic E-state index is 13.6. The van der Waals surface area contributed by atoms with Crippen LogP contribution in [-0.2, 0) is 16.4 Å². The van der Waals surface area contributed by atoms with Crippen LogP contribution in [0.3, 0.4) is 0 Å². The molecule has 0 amide bonds. The van der Waals surface area contributed by atoms with Gasteiger partial charge in [0.05, 0.1) is 12.0 Å². The quantitative estimate of drug-likeness (QED) is 0.283. The molecule has 0 bridgehead atoms. The molecule has 0 saturated heterocycles. The third-order valence-corrected chi connectivity index (χ3v) is 6.87. The van der Waals surface area contributed by atoms with Gasteiger partial charge in [-0.3, -0.25) is 10.1 Å². The lowest BCUT2D eigenvalue weighted by Crippen LogP contribution is -2.43. The Morgan fingerprint density at radius 3 is 2.26 bits per heavy atom. The summed E-state index contributed by atoms with van der Waals surface area (Å²) in [5.74, 6) is 0.697. The highest BCUT2D eigenvalue weighted by Crippen LogP contribution is 2.30. The molecular formula is C23H28N2O5S. The maximum Gasteiger partial charge on any atom is 0.289 e. The Morgan fingerprint density at radius 1 is 1.13 bits per heavy atom. The van der Waals surface area contributed by atoms with Crippen LogP contribution in [0, 0.1) is 10.1 Å². The number of methoxy groups -OCH3 is 1. The number of hydrogen-bond acceptors (Lipinski definition) is 5. The Bertz CT molecular complexity index is 1060. The third kappa shape index (κ3) is 6.02. The van der Waals surface area contributed by atoms with Gasteiger partial charge in [-0.25, -0.2) is 8.42 Å². The van der Waals surface area contributed by atoms with Crippen molar-refractivity contribution in [2.24, 2.45) is 0 Å². The standard InChI is InChI=1S/C23H28N2O5S/c1-17(2)14-15-24(31(28,29)23-9-7-6-8-21(23)25(26)27)22(18(3)4)16-19-10-12-20(30-5)13-11-19/h6-13,22H,1,3,14-16H2,2,4-5H3/t22-/m1/s1. The molecule has 0 spiro atoms. The van der Waals surface area contributed by atoms with Gasteiger partial charge in [-0.05, 0) is 50.5 Å². The van der Waals surface area contributed by atoms with E-state index in [-0.39, 0.29) is 11.4 Å². The number of sulfonamides is 1. The first-order valence-corrected chi connectivity index (χ1v) is 11.2. The Kier molecular flexibility index (Phi) is 8.13. The van der Waals surface area contributed by atoms with Crippen LogP contribution in [0.1, 0.15) is 25.8 Å². The molecule has 0 aliphatic carbocycles. The van der Waals surface area contributed by atoms with Gasteiger partial charge >= 0.3 is 0 Å². The van der Waals surface area contributed by atoms with Gasteiger partial charge in [0.25, 0.3) is 5.69 Å². The van der Waals surface area contributed by atoms with Gasteiger partial charge in [-0.15, -0.1) is 6.58 Å². The molecule has 2 aromatic rings. The second-order valence-corrected chi connectivity index (χ2v) is 9.32. The van der Waals surface area contributed by atoms with Crippen molar-refractivity contribution in [2.45, 2.75) is 37.6 Å². The smallest absolute Gasteiger partial charge is 0.289 e. The van der Waals surface area contributed by atoms with Gasteiger partial charge in [0.2, 0.25) is 10.0 Å². The first-order chi connectivity index (χ1) is 14.6. The largest absolute Gasteiger partial charge is 0.497 e. The molecule has 7 nitrogen and oxygen atoms in total. The number of nitro benzene ring substituents is 1. The normalized spacial score (nSPS) is 12.4.